The van der Waals surface area contributed by atoms with Gasteiger partial charge < -0.3 is 13.4 Å². The molecule has 0 amide bonds. The molecule has 6 aromatic carbocycles. The number of nitrogens with zero attached hydrogens (tertiary/aromatic N) is 2. The SMILES string of the molecule is N#Cc1ccc2c3ccccc3n(-c3cccc4c3oc3ccc(-c5ccc6c(c5)oc5ccccc56)cc34)c2c1. The minimum Gasteiger partial charge on any atom is -0.456 e. The Morgan fingerprint density at radius 2 is 1.20 bits per heavy atom. The standard InChI is InChI=1S/C37H20N2O2/c38-21-22-12-15-26-25-6-1-3-9-31(25)39(33(26)18-22)32-10-5-8-29-30-19-23(14-17-35(30)41-37(29)32)24-13-16-28-27-7-2-4-11-34(27)40-36(28)20-24/h1-20H. The molecule has 0 atom stereocenters. The Hall–Kier alpha value is -5.79. The molecule has 0 saturated carbocycles. The van der Waals surface area contributed by atoms with Gasteiger partial charge in [0.1, 0.15) is 16.7 Å². The Labute approximate surface area is 233 Å². The number of nitriles is 1. The molecule has 0 saturated heterocycles. The first-order valence-corrected chi connectivity index (χ1v) is 13.6. The lowest BCUT2D eigenvalue weighted by Crippen LogP contribution is -1.94. The first kappa shape index (κ1) is 22.1. The molecule has 4 nitrogen and oxygen atoms in total. The van der Waals surface area contributed by atoms with Crippen LogP contribution in [0.3, 0.4) is 0 Å². The van der Waals surface area contributed by atoms with Gasteiger partial charge in [-0.15, -0.1) is 0 Å². The Bertz CT molecular complexity index is 2550. The maximum absolute atomic E-state index is 9.63. The fourth-order valence-corrected chi connectivity index (χ4v) is 6.34. The molecule has 0 bridgehead atoms. The van der Waals surface area contributed by atoms with Gasteiger partial charge >= 0.3 is 0 Å². The van der Waals surface area contributed by atoms with Crippen LogP contribution in [-0.4, -0.2) is 4.57 Å². The molecule has 9 aromatic rings. The van der Waals surface area contributed by atoms with Crippen molar-refractivity contribution in [3.63, 3.8) is 0 Å². The van der Waals surface area contributed by atoms with E-state index in [2.05, 4.69) is 89.5 Å². The fourth-order valence-electron chi connectivity index (χ4n) is 6.34. The summed E-state index contributed by atoms with van der Waals surface area (Å²) in [4.78, 5) is 0. The number of benzene rings is 6. The number of rotatable bonds is 2. The predicted molar refractivity (Wildman–Crippen MR) is 165 cm³/mol. The van der Waals surface area contributed by atoms with Gasteiger partial charge in [0.25, 0.3) is 0 Å². The third-order valence-electron chi connectivity index (χ3n) is 8.23. The topological polar surface area (TPSA) is 55.0 Å². The highest BCUT2D eigenvalue weighted by molar-refractivity contribution is 6.13. The first-order chi connectivity index (χ1) is 20.3. The second-order valence-electron chi connectivity index (χ2n) is 10.5. The maximum Gasteiger partial charge on any atom is 0.159 e. The molecule has 0 aliphatic rings. The van der Waals surface area contributed by atoms with Crippen LogP contribution in [0.2, 0.25) is 0 Å². The van der Waals surface area contributed by atoms with Crippen molar-refractivity contribution >= 4 is 65.7 Å². The van der Waals surface area contributed by atoms with Crippen molar-refractivity contribution in [3.05, 3.63) is 127 Å². The van der Waals surface area contributed by atoms with Crippen LogP contribution in [0.15, 0.2) is 130 Å². The second-order valence-corrected chi connectivity index (χ2v) is 10.5. The van der Waals surface area contributed by atoms with E-state index in [0.29, 0.717) is 5.56 Å². The maximum atomic E-state index is 9.63. The predicted octanol–water partition coefficient (Wildman–Crippen LogP) is 10.1. The summed E-state index contributed by atoms with van der Waals surface area (Å²) in [5.74, 6) is 0. The van der Waals surface area contributed by atoms with Crippen LogP contribution in [-0.2, 0) is 0 Å². The van der Waals surface area contributed by atoms with Gasteiger partial charge in [0.15, 0.2) is 5.58 Å². The minimum atomic E-state index is 0.629. The van der Waals surface area contributed by atoms with E-state index in [1.807, 2.05) is 42.5 Å². The van der Waals surface area contributed by atoms with E-state index >= 15 is 0 Å². The Balaban J connectivity index is 1.27. The van der Waals surface area contributed by atoms with Crippen molar-refractivity contribution in [1.82, 2.24) is 4.57 Å². The molecule has 0 spiro atoms. The zero-order chi connectivity index (χ0) is 27.1. The summed E-state index contributed by atoms with van der Waals surface area (Å²) >= 11 is 0. The molecule has 3 heterocycles. The lowest BCUT2D eigenvalue weighted by molar-refractivity contribution is 0.666. The van der Waals surface area contributed by atoms with E-state index in [4.69, 9.17) is 8.83 Å². The van der Waals surface area contributed by atoms with Crippen molar-refractivity contribution in [3.8, 4) is 22.9 Å². The molecular formula is C37H20N2O2. The number of para-hydroxylation sites is 3. The molecule has 0 radical (unpaired) electrons. The monoisotopic (exact) mass is 524 g/mol. The third-order valence-corrected chi connectivity index (χ3v) is 8.23. The molecule has 4 heteroatoms. The summed E-state index contributed by atoms with van der Waals surface area (Å²) in [6, 6.07) is 43.7. The molecule has 0 unspecified atom stereocenters. The number of aromatic nitrogens is 1. The van der Waals surface area contributed by atoms with Gasteiger partial charge in [0.05, 0.1) is 28.4 Å². The largest absolute Gasteiger partial charge is 0.456 e. The summed E-state index contributed by atoms with van der Waals surface area (Å²) < 4.78 is 14.9. The average Bonchev–Trinajstić information content (AvgIpc) is 3.69. The minimum absolute atomic E-state index is 0.629. The van der Waals surface area contributed by atoms with Crippen LogP contribution < -0.4 is 0 Å². The van der Waals surface area contributed by atoms with E-state index in [-0.39, 0.29) is 0 Å². The summed E-state index contributed by atoms with van der Waals surface area (Å²) in [6.07, 6.45) is 0. The second kappa shape index (κ2) is 8.11. The van der Waals surface area contributed by atoms with Crippen LogP contribution in [0.5, 0.6) is 0 Å². The lowest BCUT2D eigenvalue weighted by atomic mass is 10.0. The van der Waals surface area contributed by atoms with E-state index < -0.39 is 0 Å². The van der Waals surface area contributed by atoms with E-state index in [1.165, 1.54) is 0 Å². The summed E-state index contributed by atoms with van der Waals surface area (Å²) in [5.41, 5.74) is 9.26. The zero-order valence-electron chi connectivity index (χ0n) is 21.8. The molecule has 0 N–H and O–H groups in total. The molecule has 190 valence electrons. The quantitative estimate of drug-likeness (QED) is 0.226. The smallest absolute Gasteiger partial charge is 0.159 e. The van der Waals surface area contributed by atoms with Gasteiger partial charge in [-0.3, -0.25) is 0 Å². The van der Waals surface area contributed by atoms with Gasteiger partial charge in [-0.25, -0.2) is 0 Å². The van der Waals surface area contributed by atoms with Gasteiger partial charge in [-0.2, -0.15) is 5.26 Å². The zero-order valence-corrected chi connectivity index (χ0v) is 21.8. The Kier molecular flexibility index (Phi) is 4.37. The van der Waals surface area contributed by atoms with E-state index in [0.717, 1.165) is 82.5 Å². The van der Waals surface area contributed by atoms with Crippen molar-refractivity contribution in [1.29, 1.82) is 5.26 Å². The van der Waals surface area contributed by atoms with Gasteiger partial charge in [0, 0.05) is 32.3 Å². The van der Waals surface area contributed by atoms with E-state index in [1.54, 1.807) is 0 Å². The van der Waals surface area contributed by atoms with E-state index in [9.17, 15) is 5.26 Å². The van der Waals surface area contributed by atoms with Crippen LogP contribution in [0.25, 0.3) is 82.5 Å². The van der Waals surface area contributed by atoms with Crippen molar-refractivity contribution < 1.29 is 8.83 Å². The summed E-state index contributed by atoms with van der Waals surface area (Å²) in [5, 5.41) is 16.2. The Morgan fingerprint density at radius 1 is 0.488 bits per heavy atom. The highest BCUT2D eigenvalue weighted by atomic mass is 16.3. The van der Waals surface area contributed by atoms with Crippen LogP contribution in [0, 0.1) is 11.3 Å². The van der Waals surface area contributed by atoms with Crippen LogP contribution in [0.1, 0.15) is 5.56 Å². The normalized spacial score (nSPS) is 11.9. The number of hydrogen-bond donors (Lipinski definition) is 0. The number of furan rings is 2. The molecule has 41 heavy (non-hydrogen) atoms. The first-order valence-electron chi connectivity index (χ1n) is 13.6. The van der Waals surface area contributed by atoms with Gasteiger partial charge in [-0.05, 0) is 65.7 Å². The summed E-state index contributed by atoms with van der Waals surface area (Å²) in [6.45, 7) is 0. The molecule has 9 rings (SSSR count). The molecule has 3 aromatic heterocycles. The van der Waals surface area contributed by atoms with Gasteiger partial charge in [0.2, 0.25) is 0 Å². The van der Waals surface area contributed by atoms with Crippen molar-refractivity contribution in [2.45, 2.75) is 0 Å². The average molecular weight is 525 g/mol. The van der Waals surface area contributed by atoms with Crippen molar-refractivity contribution in [2.75, 3.05) is 0 Å². The lowest BCUT2D eigenvalue weighted by Gasteiger charge is -2.08. The fraction of sp³-hybridized carbons (Fsp3) is 0. The number of hydrogen-bond acceptors (Lipinski definition) is 3. The summed E-state index contributed by atoms with van der Waals surface area (Å²) in [7, 11) is 0. The van der Waals surface area contributed by atoms with Crippen molar-refractivity contribution in [2.24, 2.45) is 0 Å². The highest BCUT2D eigenvalue weighted by Crippen LogP contribution is 2.40. The number of fused-ring (bicyclic) bond motifs is 9. The molecule has 0 aliphatic carbocycles. The molecule has 0 fully saturated rings. The van der Waals surface area contributed by atoms with Gasteiger partial charge in [-0.1, -0.05) is 66.7 Å². The molecular weight excluding hydrogens is 504 g/mol. The molecule has 0 aliphatic heterocycles. The Morgan fingerprint density at radius 3 is 2.12 bits per heavy atom. The van der Waals surface area contributed by atoms with Crippen LogP contribution in [0.4, 0.5) is 0 Å². The third kappa shape index (κ3) is 3.09. The van der Waals surface area contributed by atoms with Crippen LogP contribution >= 0.6 is 0 Å². The highest BCUT2D eigenvalue weighted by Gasteiger charge is 2.18.